The number of nitrogens with one attached hydrogen (secondary N) is 1. The topological polar surface area (TPSA) is 139 Å². The van der Waals surface area contributed by atoms with E-state index in [1.165, 1.54) is 66.7 Å². The van der Waals surface area contributed by atoms with Crippen molar-refractivity contribution in [3.63, 3.8) is 0 Å². The van der Waals surface area contributed by atoms with E-state index in [0.29, 0.717) is 16.7 Å². The molecule has 3 aromatic carbocycles. The predicted molar refractivity (Wildman–Crippen MR) is 104 cm³/mol. The Morgan fingerprint density at radius 1 is 0.862 bits per heavy atom. The first-order valence-electron chi connectivity index (χ1n) is 8.24. The molecule has 0 aliphatic carbocycles. The first-order valence-corrected chi connectivity index (χ1v) is 8.24. The van der Waals surface area contributed by atoms with Crippen molar-refractivity contribution in [2.45, 2.75) is 0 Å². The molecule has 0 atom stereocenters. The number of benzene rings is 3. The maximum absolute atomic E-state index is 12.6. The molecular weight excluding hydrogens is 376 g/mol. The smallest absolute Gasteiger partial charge is 0.271 e. The first-order chi connectivity index (χ1) is 13.9. The number of rotatable bonds is 5. The quantitative estimate of drug-likeness (QED) is 0.511. The average Bonchev–Trinajstić information content (AvgIpc) is 2.73. The molecule has 29 heavy (non-hydrogen) atoms. The van der Waals surface area contributed by atoms with Gasteiger partial charge in [0.25, 0.3) is 17.3 Å². The highest BCUT2D eigenvalue weighted by molar-refractivity contribution is 6.06. The summed E-state index contributed by atoms with van der Waals surface area (Å²) in [4.78, 5) is 33.4. The van der Waals surface area contributed by atoms with Gasteiger partial charge in [-0.2, -0.15) is 5.26 Å². The number of nitriles is 1. The number of anilines is 1. The van der Waals surface area contributed by atoms with Gasteiger partial charge in [-0.1, -0.05) is 0 Å². The number of non-ortho nitro benzene ring substituents is 2. The fourth-order valence-corrected chi connectivity index (χ4v) is 2.65. The third-order valence-corrected chi connectivity index (χ3v) is 4.13. The number of nitro groups is 2. The number of nitrogens with zero attached hydrogens (tertiary/aromatic N) is 3. The van der Waals surface area contributed by atoms with Crippen LogP contribution in [0.15, 0.2) is 66.7 Å². The monoisotopic (exact) mass is 388 g/mol. The lowest BCUT2D eigenvalue weighted by atomic mass is 10.0. The molecule has 3 aromatic rings. The molecule has 1 N–H and O–H groups in total. The Kier molecular flexibility index (Phi) is 5.28. The van der Waals surface area contributed by atoms with Crippen LogP contribution in [-0.2, 0) is 0 Å². The van der Waals surface area contributed by atoms with E-state index in [9.17, 15) is 25.0 Å². The van der Waals surface area contributed by atoms with Crippen LogP contribution in [0, 0.1) is 31.6 Å². The minimum Gasteiger partial charge on any atom is -0.321 e. The van der Waals surface area contributed by atoms with Crippen molar-refractivity contribution >= 4 is 23.0 Å². The fourth-order valence-electron chi connectivity index (χ4n) is 2.65. The van der Waals surface area contributed by atoms with Gasteiger partial charge in [-0.3, -0.25) is 25.0 Å². The molecule has 0 saturated heterocycles. The van der Waals surface area contributed by atoms with E-state index in [4.69, 9.17) is 5.26 Å². The van der Waals surface area contributed by atoms with E-state index < -0.39 is 15.8 Å². The zero-order valence-electron chi connectivity index (χ0n) is 14.7. The Morgan fingerprint density at radius 2 is 1.45 bits per heavy atom. The van der Waals surface area contributed by atoms with E-state index in [1.54, 1.807) is 0 Å². The number of carbonyl (C=O) groups is 1. The van der Waals surface area contributed by atoms with Crippen molar-refractivity contribution in [3.05, 3.63) is 98.1 Å². The Labute approximate surface area is 164 Å². The van der Waals surface area contributed by atoms with Crippen LogP contribution in [0.2, 0.25) is 0 Å². The maximum atomic E-state index is 12.6. The summed E-state index contributed by atoms with van der Waals surface area (Å²) in [5, 5.41) is 33.5. The van der Waals surface area contributed by atoms with Crippen molar-refractivity contribution in [3.8, 4) is 17.2 Å². The van der Waals surface area contributed by atoms with E-state index in [0.717, 1.165) is 0 Å². The highest BCUT2D eigenvalue weighted by Crippen LogP contribution is 2.32. The summed E-state index contributed by atoms with van der Waals surface area (Å²) < 4.78 is 0. The van der Waals surface area contributed by atoms with Crippen LogP contribution < -0.4 is 5.32 Å². The maximum Gasteiger partial charge on any atom is 0.271 e. The number of carbonyl (C=O) groups excluding carboxylic acids is 1. The van der Waals surface area contributed by atoms with Crippen LogP contribution in [0.4, 0.5) is 17.1 Å². The number of hydrogen-bond donors (Lipinski definition) is 1. The second-order valence-corrected chi connectivity index (χ2v) is 5.93. The van der Waals surface area contributed by atoms with Gasteiger partial charge in [0.15, 0.2) is 0 Å². The van der Waals surface area contributed by atoms with Gasteiger partial charge in [0.2, 0.25) is 0 Å². The van der Waals surface area contributed by atoms with Crippen LogP contribution in [0.3, 0.4) is 0 Å². The molecule has 0 heterocycles. The van der Waals surface area contributed by atoms with E-state index in [-0.39, 0.29) is 22.6 Å². The second kappa shape index (κ2) is 7.98. The molecule has 3 rings (SSSR count). The van der Waals surface area contributed by atoms with Crippen molar-refractivity contribution < 1.29 is 14.6 Å². The summed E-state index contributed by atoms with van der Waals surface area (Å²) in [6.07, 6.45) is 0. The Balaban J connectivity index is 1.99. The molecule has 9 heteroatoms. The van der Waals surface area contributed by atoms with Gasteiger partial charge < -0.3 is 5.32 Å². The average molecular weight is 388 g/mol. The van der Waals surface area contributed by atoms with Crippen LogP contribution in [0.1, 0.15) is 15.9 Å². The van der Waals surface area contributed by atoms with Gasteiger partial charge in [-0.25, -0.2) is 0 Å². The summed E-state index contributed by atoms with van der Waals surface area (Å²) in [7, 11) is 0. The SMILES string of the molecule is N#Cc1ccc(C(=O)Nc2cc([N+](=O)[O-])ccc2-c2ccc([N+](=O)[O-])cc2)cc1. The van der Waals surface area contributed by atoms with Crippen LogP contribution in [0.25, 0.3) is 11.1 Å². The normalized spacial score (nSPS) is 10.0. The van der Waals surface area contributed by atoms with Gasteiger partial charge >= 0.3 is 0 Å². The lowest BCUT2D eigenvalue weighted by Crippen LogP contribution is -2.13. The molecule has 142 valence electrons. The van der Waals surface area contributed by atoms with Gasteiger partial charge in [-0.15, -0.1) is 0 Å². The Morgan fingerprint density at radius 3 is 2.00 bits per heavy atom. The summed E-state index contributed by atoms with van der Waals surface area (Å²) >= 11 is 0. The minimum absolute atomic E-state index is 0.0983. The van der Waals surface area contributed by atoms with E-state index >= 15 is 0 Å². The summed E-state index contributed by atoms with van der Waals surface area (Å²) in [5.41, 5.74) is 1.54. The predicted octanol–water partition coefficient (Wildman–Crippen LogP) is 4.29. The third-order valence-electron chi connectivity index (χ3n) is 4.13. The lowest BCUT2D eigenvalue weighted by Gasteiger charge is -2.12. The van der Waals surface area contributed by atoms with E-state index in [2.05, 4.69) is 5.32 Å². The highest BCUT2D eigenvalue weighted by atomic mass is 16.6. The largest absolute Gasteiger partial charge is 0.321 e. The highest BCUT2D eigenvalue weighted by Gasteiger charge is 2.16. The molecule has 0 saturated carbocycles. The van der Waals surface area contributed by atoms with Crippen molar-refractivity contribution in [2.24, 2.45) is 0 Å². The van der Waals surface area contributed by atoms with Crippen molar-refractivity contribution in [1.82, 2.24) is 0 Å². The molecule has 1 amide bonds. The van der Waals surface area contributed by atoms with Crippen molar-refractivity contribution in [2.75, 3.05) is 5.32 Å². The Bertz CT molecular complexity index is 1150. The molecule has 0 spiro atoms. The standard InChI is InChI=1S/C20H12N4O5/c21-12-13-1-3-15(4-2-13)20(25)22-19-11-17(24(28)29)9-10-18(19)14-5-7-16(8-6-14)23(26)27/h1-11H,(H,22,25). The zero-order chi connectivity index (χ0) is 21.0. The van der Waals surface area contributed by atoms with Gasteiger partial charge in [0.1, 0.15) is 0 Å². The summed E-state index contributed by atoms with van der Waals surface area (Å²) in [5.74, 6) is -0.516. The molecule has 0 bridgehead atoms. The summed E-state index contributed by atoms with van der Waals surface area (Å²) in [6, 6.07) is 17.4. The second-order valence-electron chi connectivity index (χ2n) is 5.93. The molecule has 0 aromatic heterocycles. The van der Waals surface area contributed by atoms with Crippen LogP contribution in [-0.4, -0.2) is 15.8 Å². The molecular formula is C20H12N4O5. The van der Waals surface area contributed by atoms with Gasteiger partial charge in [0, 0.05) is 35.4 Å². The zero-order valence-corrected chi connectivity index (χ0v) is 14.7. The summed E-state index contributed by atoms with van der Waals surface area (Å²) in [6.45, 7) is 0. The molecule has 0 unspecified atom stereocenters. The Hall–Kier alpha value is -4.58. The molecule has 0 fully saturated rings. The van der Waals surface area contributed by atoms with Crippen LogP contribution >= 0.6 is 0 Å². The minimum atomic E-state index is -0.586. The van der Waals surface area contributed by atoms with Gasteiger partial charge in [0.05, 0.1) is 27.2 Å². The third kappa shape index (κ3) is 4.23. The number of amides is 1. The van der Waals surface area contributed by atoms with Gasteiger partial charge in [-0.05, 0) is 48.0 Å². The van der Waals surface area contributed by atoms with E-state index in [1.807, 2.05) is 6.07 Å². The number of hydrogen-bond acceptors (Lipinski definition) is 6. The number of nitro benzene ring substituents is 2. The first kappa shape index (κ1) is 19.2. The van der Waals surface area contributed by atoms with Crippen molar-refractivity contribution in [1.29, 1.82) is 5.26 Å². The lowest BCUT2D eigenvalue weighted by molar-refractivity contribution is -0.385. The molecule has 0 aliphatic rings. The van der Waals surface area contributed by atoms with Crippen LogP contribution in [0.5, 0.6) is 0 Å². The molecule has 0 aliphatic heterocycles. The molecule has 0 radical (unpaired) electrons. The fraction of sp³-hybridized carbons (Fsp3) is 0. The molecule has 9 nitrogen and oxygen atoms in total.